The van der Waals surface area contributed by atoms with Crippen LogP contribution in [0.2, 0.25) is 0 Å². The normalized spacial score (nSPS) is 11.9. The van der Waals surface area contributed by atoms with Gasteiger partial charge in [-0.2, -0.15) is 19.9 Å². The summed E-state index contributed by atoms with van der Waals surface area (Å²) in [4.78, 5) is 16.6. The quantitative estimate of drug-likeness (QED) is 0.313. The van der Waals surface area contributed by atoms with Gasteiger partial charge in [-0.3, -0.25) is 0 Å². The summed E-state index contributed by atoms with van der Waals surface area (Å²) in [6.07, 6.45) is 0. The molecule has 2 heterocycles. The van der Waals surface area contributed by atoms with Crippen molar-refractivity contribution in [2.24, 2.45) is 10.3 Å². The predicted octanol–water partition coefficient (Wildman–Crippen LogP) is 1.92. The van der Waals surface area contributed by atoms with Crippen molar-refractivity contribution in [2.75, 3.05) is 26.4 Å². The number of rotatable bonds is 11. The van der Waals surface area contributed by atoms with Gasteiger partial charge in [-0.15, -0.1) is 0 Å². The first-order valence-electron chi connectivity index (χ1n) is 9.34. The summed E-state index contributed by atoms with van der Waals surface area (Å²) in [6, 6.07) is 2.84. The van der Waals surface area contributed by atoms with Gasteiger partial charge < -0.3 is 29.4 Å². The highest BCUT2D eigenvalue weighted by Crippen LogP contribution is 2.20. The summed E-state index contributed by atoms with van der Waals surface area (Å²) in [5, 5.41) is 25.8. The SMILES string of the molecule is CCOc1cc(C(=N\O)/C(=N/O)c2cc(OCC)nc(OCC)n2)nc(OCC)n1. The Balaban J connectivity index is 2.56. The Morgan fingerprint density at radius 2 is 1.03 bits per heavy atom. The van der Waals surface area contributed by atoms with E-state index < -0.39 is 0 Å². The van der Waals surface area contributed by atoms with E-state index in [2.05, 4.69) is 30.2 Å². The van der Waals surface area contributed by atoms with Crippen LogP contribution >= 0.6 is 0 Å². The van der Waals surface area contributed by atoms with Crippen molar-refractivity contribution < 1.29 is 29.4 Å². The molecule has 0 radical (unpaired) electrons. The minimum absolute atomic E-state index is 0.00425. The third-order valence-electron chi connectivity index (χ3n) is 3.41. The number of hydrogen-bond donors (Lipinski definition) is 2. The van der Waals surface area contributed by atoms with E-state index in [1.165, 1.54) is 12.1 Å². The van der Waals surface area contributed by atoms with Gasteiger partial charge in [0.2, 0.25) is 11.8 Å². The van der Waals surface area contributed by atoms with Crippen LogP contribution in [0.3, 0.4) is 0 Å². The Morgan fingerprint density at radius 1 is 0.667 bits per heavy atom. The average molecular weight is 420 g/mol. The zero-order valence-corrected chi connectivity index (χ0v) is 17.2. The van der Waals surface area contributed by atoms with Crippen molar-refractivity contribution >= 4 is 11.4 Å². The Hall–Kier alpha value is -3.70. The second-order valence-electron chi connectivity index (χ2n) is 5.38. The third-order valence-corrected chi connectivity index (χ3v) is 3.41. The molecule has 2 N–H and O–H groups in total. The first kappa shape index (κ1) is 22.6. The van der Waals surface area contributed by atoms with Gasteiger partial charge >= 0.3 is 12.0 Å². The highest BCUT2D eigenvalue weighted by atomic mass is 16.5. The topological polar surface area (TPSA) is 154 Å². The summed E-state index contributed by atoms with van der Waals surface area (Å²) in [6.45, 7) is 8.41. The van der Waals surface area contributed by atoms with Gasteiger partial charge in [-0.1, -0.05) is 10.3 Å². The summed E-state index contributed by atoms with van der Waals surface area (Å²) in [5.74, 6) is 0.383. The molecule has 0 aliphatic carbocycles. The van der Waals surface area contributed by atoms with Crippen LogP contribution in [0.5, 0.6) is 23.8 Å². The highest BCUT2D eigenvalue weighted by molar-refractivity contribution is 6.52. The van der Waals surface area contributed by atoms with Crippen molar-refractivity contribution in [3.05, 3.63) is 23.5 Å². The number of aromatic nitrogens is 4. The number of hydrogen-bond acceptors (Lipinski definition) is 12. The van der Waals surface area contributed by atoms with E-state index in [0.717, 1.165) is 0 Å². The summed E-state index contributed by atoms with van der Waals surface area (Å²) < 4.78 is 21.5. The molecule has 0 aliphatic rings. The molecular formula is C18H24N6O6. The molecule has 0 bridgehead atoms. The molecule has 0 aliphatic heterocycles. The van der Waals surface area contributed by atoms with Gasteiger partial charge in [0.05, 0.1) is 26.4 Å². The lowest BCUT2D eigenvalue weighted by molar-refractivity contribution is 0.287. The fourth-order valence-electron chi connectivity index (χ4n) is 2.32. The molecule has 0 saturated carbocycles. The lowest BCUT2D eigenvalue weighted by atomic mass is 10.1. The van der Waals surface area contributed by atoms with E-state index in [-0.39, 0.29) is 46.6 Å². The predicted molar refractivity (Wildman–Crippen MR) is 105 cm³/mol. The van der Waals surface area contributed by atoms with Gasteiger partial charge in [0.15, 0.2) is 11.4 Å². The second kappa shape index (κ2) is 11.3. The van der Waals surface area contributed by atoms with Crippen molar-refractivity contribution in [2.45, 2.75) is 27.7 Å². The van der Waals surface area contributed by atoms with Gasteiger partial charge in [-0.05, 0) is 27.7 Å². The van der Waals surface area contributed by atoms with Crippen LogP contribution in [0.15, 0.2) is 22.4 Å². The minimum atomic E-state index is -0.203. The minimum Gasteiger partial charge on any atom is -0.478 e. The van der Waals surface area contributed by atoms with E-state index in [1.54, 1.807) is 27.7 Å². The Labute approximate surface area is 173 Å². The number of oxime groups is 2. The molecule has 162 valence electrons. The van der Waals surface area contributed by atoms with Crippen LogP contribution in [0, 0.1) is 0 Å². The van der Waals surface area contributed by atoms with Crippen LogP contribution in [0.25, 0.3) is 0 Å². The molecule has 2 rings (SSSR count). The Kier molecular flexibility index (Phi) is 8.54. The molecule has 12 nitrogen and oxygen atoms in total. The smallest absolute Gasteiger partial charge is 0.320 e. The van der Waals surface area contributed by atoms with Crippen LogP contribution in [0.1, 0.15) is 39.1 Å². The maximum atomic E-state index is 9.68. The van der Waals surface area contributed by atoms with Gasteiger partial charge in [0.25, 0.3) is 0 Å². The van der Waals surface area contributed by atoms with Crippen LogP contribution in [0.4, 0.5) is 0 Å². The maximum absolute atomic E-state index is 9.68. The fraction of sp³-hybridized carbons (Fsp3) is 0.444. The third kappa shape index (κ3) is 5.65. The fourth-order valence-corrected chi connectivity index (χ4v) is 2.32. The monoisotopic (exact) mass is 420 g/mol. The first-order valence-corrected chi connectivity index (χ1v) is 9.34. The van der Waals surface area contributed by atoms with Crippen molar-refractivity contribution in [3.63, 3.8) is 0 Å². The van der Waals surface area contributed by atoms with Crippen LogP contribution in [-0.4, -0.2) is 68.2 Å². The molecule has 2 aromatic heterocycles. The maximum Gasteiger partial charge on any atom is 0.320 e. The van der Waals surface area contributed by atoms with Crippen LogP contribution < -0.4 is 18.9 Å². The molecule has 2 aromatic rings. The highest BCUT2D eigenvalue weighted by Gasteiger charge is 2.23. The van der Waals surface area contributed by atoms with E-state index in [9.17, 15) is 10.4 Å². The molecule has 0 spiro atoms. The largest absolute Gasteiger partial charge is 0.478 e. The molecule has 0 fully saturated rings. The number of ether oxygens (including phenoxy) is 4. The van der Waals surface area contributed by atoms with Gasteiger partial charge in [-0.25, -0.2) is 0 Å². The molecule has 0 amide bonds. The molecule has 12 heteroatoms. The van der Waals surface area contributed by atoms with E-state index in [1.807, 2.05) is 0 Å². The summed E-state index contributed by atoms with van der Waals surface area (Å²) in [5.41, 5.74) is -0.237. The second-order valence-corrected chi connectivity index (χ2v) is 5.38. The van der Waals surface area contributed by atoms with Gasteiger partial charge in [0, 0.05) is 12.1 Å². The molecule has 0 aromatic carbocycles. The van der Waals surface area contributed by atoms with E-state index in [4.69, 9.17) is 18.9 Å². The molecule has 0 atom stereocenters. The molecule has 0 saturated heterocycles. The standard InChI is InChI=1S/C18H24N6O6/c1-5-27-13-9-11(19-17(21-13)29-7-3)15(23-25)16(24-26)12-10-14(28-6-2)22-18(20-12)30-8-4/h9-10,25-26H,5-8H2,1-4H3/b23-15+,24-16+. The molecule has 0 unspecified atom stereocenters. The summed E-state index contributed by atoms with van der Waals surface area (Å²) >= 11 is 0. The zero-order valence-electron chi connectivity index (χ0n) is 17.2. The molecular weight excluding hydrogens is 396 g/mol. The average Bonchev–Trinajstić information content (AvgIpc) is 2.72. The summed E-state index contributed by atoms with van der Waals surface area (Å²) in [7, 11) is 0. The van der Waals surface area contributed by atoms with E-state index in [0.29, 0.717) is 26.4 Å². The van der Waals surface area contributed by atoms with Crippen molar-refractivity contribution in [1.29, 1.82) is 0 Å². The Bertz CT molecular complexity index is 783. The van der Waals surface area contributed by atoms with Gasteiger partial charge in [0.1, 0.15) is 11.4 Å². The lowest BCUT2D eigenvalue weighted by Gasteiger charge is -2.12. The zero-order chi connectivity index (χ0) is 21.9. The van der Waals surface area contributed by atoms with Crippen molar-refractivity contribution in [1.82, 2.24) is 19.9 Å². The lowest BCUT2D eigenvalue weighted by Crippen LogP contribution is -2.21. The van der Waals surface area contributed by atoms with Crippen LogP contribution in [-0.2, 0) is 0 Å². The first-order chi connectivity index (χ1) is 14.6. The molecule has 30 heavy (non-hydrogen) atoms. The van der Waals surface area contributed by atoms with E-state index >= 15 is 0 Å². The Morgan fingerprint density at radius 3 is 1.33 bits per heavy atom. The number of nitrogens with zero attached hydrogens (tertiary/aromatic N) is 6. The van der Waals surface area contributed by atoms with Crippen molar-refractivity contribution in [3.8, 4) is 23.8 Å².